The van der Waals surface area contributed by atoms with E-state index in [0.29, 0.717) is 24.3 Å². The molecule has 0 atom stereocenters. The smallest absolute Gasteiger partial charge is 0.339 e. The largest absolute Gasteiger partial charge is 0.462 e. The van der Waals surface area contributed by atoms with Crippen molar-refractivity contribution < 1.29 is 19.1 Å². The number of ether oxygens (including phenoxy) is 2. The van der Waals surface area contributed by atoms with E-state index in [2.05, 4.69) is 60.1 Å². The van der Waals surface area contributed by atoms with Gasteiger partial charge in [-0.1, -0.05) is 143 Å². The fourth-order valence-electron chi connectivity index (χ4n) is 4.28. The Morgan fingerprint density at radius 1 is 0.564 bits per heavy atom. The average molecular weight is 598 g/mol. The molecule has 0 fully saturated rings. The molecule has 0 unspecified atom stereocenters. The normalized spacial score (nSPS) is 10.5. The van der Waals surface area contributed by atoms with E-state index >= 15 is 0 Å². The number of hydrogen-bond acceptors (Lipinski definition) is 4. The van der Waals surface area contributed by atoms with Crippen molar-refractivity contribution in [2.45, 2.75) is 90.9 Å². The molecule has 4 nitrogen and oxygen atoms in total. The molecule has 5 heteroatoms. The van der Waals surface area contributed by atoms with Crippen LogP contribution in [-0.4, -0.2) is 25.2 Å². The first-order valence-electron chi connectivity index (χ1n) is 14.6. The Hall–Kier alpha value is -2.66. The van der Waals surface area contributed by atoms with Gasteiger partial charge in [-0.2, -0.15) is 0 Å². The first kappa shape index (κ1) is 32.6. The molecule has 0 aliphatic carbocycles. The lowest BCUT2D eigenvalue weighted by Gasteiger charge is -2.10. The zero-order chi connectivity index (χ0) is 28.1. The maximum Gasteiger partial charge on any atom is 0.339 e. The number of benzene rings is 3. The average Bonchev–Trinajstić information content (AvgIpc) is 2.96. The minimum Gasteiger partial charge on any atom is -0.462 e. The zero-order valence-corrected chi connectivity index (χ0v) is 25.3. The number of carbonyl (C=O) groups is 2. The van der Waals surface area contributed by atoms with Gasteiger partial charge in [-0.3, -0.25) is 0 Å². The molecule has 0 aliphatic rings. The van der Waals surface area contributed by atoms with Crippen LogP contribution in [0.4, 0.5) is 0 Å². The number of carbonyl (C=O) groups excluding carboxylic acids is 2. The molecule has 0 spiro atoms. The molecule has 0 amide bonds. The van der Waals surface area contributed by atoms with Crippen molar-refractivity contribution in [2.75, 3.05) is 13.2 Å². The molecule has 3 rings (SSSR count). The van der Waals surface area contributed by atoms with E-state index in [1.165, 1.54) is 62.1 Å². The molecule has 212 valence electrons. The molecule has 0 bridgehead atoms. The summed E-state index contributed by atoms with van der Waals surface area (Å²) in [6.45, 7) is 5.17. The van der Waals surface area contributed by atoms with Crippen molar-refractivity contribution in [3.8, 4) is 0 Å². The third-order valence-electron chi connectivity index (χ3n) is 6.57. The molecule has 0 aromatic heterocycles. The molecule has 0 aliphatic heterocycles. The molecular weight excluding hydrogens is 552 g/mol. The van der Waals surface area contributed by atoms with Gasteiger partial charge < -0.3 is 9.47 Å². The second-order valence-electron chi connectivity index (χ2n) is 9.81. The summed E-state index contributed by atoms with van der Waals surface area (Å²) in [6.07, 6.45) is 13.6. The summed E-state index contributed by atoms with van der Waals surface area (Å²) in [4.78, 5) is 24.7. The number of halogens is 1. The van der Waals surface area contributed by atoms with Gasteiger partial charge in [0.05, 0.1) is 24.3 Å². The van der Waals surface area contributed by atoms with Crippen LogP contribution in [0.3, 0.4) is 0 Å². The van der Waals surface area contributed by atoms with Crippen molar-refractivity contribution in [1.82, 2.24) is 0 Å². The van der Waals surface area contributed by atoms with Crippen LogP contribution in [0, 0.1) is 0 Å². The van der Waals surface area contributed by atoms with Gasteiger partial charge in [0.1, 0.15) is 0 Å². The first-order chi connectivity index (χ1) is 19.1. The summed E-state index contributed by atoms with van der Waals surface area (Å²) in [7, 11) is 0. The van der Waals surface area contributed by atoms with E-state index in [4.69, 9.17) is 9.47 Å². The van der Waals surface area contributed by atoms with E-state index in [-0.39, 0.29) is 0 Å². The van der Waals surface area contributed by atoms with Gasteiger partial charge in [0.25, 0.3) is 0 Å². The maximum absolute atomic E-state index is 12.4. The number of unbranched alkanes of at least 4 members (excludes halogenated alkanes) is 10. The minimum absolute atomic E-state index is 0.293. The Kier molecular flexibility index (Phi) is 16.9. The molecular formula is C34H45BrO4. The lowest BCUT2D eigenvalue weighted by molar-refractivity contribution is 0.0450. The third-order valence-corrected chi connectivity index (χ3v) is 7.26. The Morgan fingerprint density at radius 2 is 1.00 bits per heavy atom. The second kappa shape index (κ2) is 20.3. The summed E-state index contributed by atoms with van der Waals surface area (Å²) in [6, 6.07) is 21.3. The van der Waals surface area contributed by atoms with E-state index in [1.807, 2.05) is 12.1 Å². The van der Waals surface area contributed by atoms with Crippen LogP contribution in [0.1, 0.15) is 112 Å². The third kappa shape index (κ3) is 12.8. The summed E-state index contributed by atoms with van der Waals surface area (Å²) in [5, 5.41) is 2.55. The number of hydrogen-bond donors (Lipinski definition) is 0. The number of esters is 2. The van der Waals surface area contributed by atoms with Gasteiger partial charge in [0.2, 0.25) is 0 Å². The van der Waals surface area contributed by atoms with Gasteiger partial charge >= 0.3 is 11.9 Å². The molecule has 39 heavy (non-hydrogen) atoms. The van der Waals surface area contributed by atoms with Crippen LogP contribution >= 0.6 is 15.9 Å². The molecule has 0 saturated carbocycles. The Balaban J connectivity index is 0.000000397. The summed E-state index contributed by atoms with van der Waals surface area (Å²) in [5.41, 5.74) is 0.586. The highest BCUT2D eigenvalue weighted by molar-refractivity contribution is 9.10. The van der Waals surface area contributed by atoms with Gasteiger partial charge in [-0.05, 0) is 41.8 Å². The highest BCUT2D eigenvalue weighted by Crippen LogP contribution is 2.22. The van der Waals surface area contributed by atoms with Gasteiger partial charge in [-0.25, -0.2) is 9.59 Å². The van der Waals surface area contributed by atoms with E-state index in [0.717, 1.165) is 30.2 Å². The van der Waals surface area contributed by atoms with Crippen molar-refractivity contribution in [2.24, 2.45) is 0 Å². The Morgan fingerprint density at radius 3 is 1.51 bits per heavy atom. The van der Waals surface area contributed by atoms with Crippen molar-refractivity contribution in [1.29, 1.82) is 0 Å². The lowest BCUT2D eigenvalue weighted by Crippen LogP contribution is -2.15. The fourth-order valence-corrected chi connectivity index (χ4v) is 4.79. The second-order valence-corrected chi connectivity index (χ2v) is 10.7. The quantitative estimate of drug-likeness (QED) is 0.122. The molecule has 0 heterocycles. The van der Waals surface area contributed by atoms with Crippen LogP contribution < -0.4 is 0 Å². The Labute approximate surface area is 243 Å². The van der Waals surface area contributed by atoms with Crippen LogP contribution in [-0.2, 0) is 9.47 Å². The van der Waals surface area contributed by atoms with Crippen LogP contribution in [0.2, 0.25) is 0 Å². The molecule has 0 N–H and O–H groups in total. The maximum atomic E-state index is 12.4. The lowest BCUT2D eigenvalue weighted by atomic mass is 10.1. The predicted molar refractivity (Wildman–Crippen MR) is 165 cm³/mol. The zero-order valence-electron chi connectivity index (χ0n) is 23.8. The standard InChI is InChI=1S/C24H38O4.C10H7Br/c1-3-5-7-9-11-15-19-27-23(25)21-17-13-14-18-22(21)24(26)28-20-16-12-10-8-6-4-2;11-10-7-3-5-8-4-1-2-6-9(8)10/h13-14,17-18H,3-12,15-16,19-20H2,1-2H3;1-7H. The van der Waals surface area contributed by atoms with Crippen molar-refractivity contribution >= 4 is 38.6 Å². The Bertz CT molecular complexity index is 1060. The van der Waals surface area contributed by atoms with E-state index in [1.54, 1.807) is 24.3 Å². The molecule has 0 saturated heterocycles. The summed E-state index contributed by atoms with van der Waals surface area (Å²) < 4.78 is 11.9. The minimum atomic E-state index is -0.444. The highest BCUT2D eigenvalue weighted by atomic mass is 79.9. The number of rotatable bonds is 16. The summed E-state index contributed by atoms with van der Waals surface area (Å²) in [5.74, 6) is -0.888. The predicted octanol–water partition coefficient (Wildman–Crippen LogP) is 10.3. The summed E-state index contributed by atoms with van der Waals surface area (Å²) >= 11 is 3.50. The van der Waals surface area contributed by atoms with Crippen molar-refractivity contribution in [3.63, 3.8) is 0 Å². The van der Waals surface area contributed by atoms with E-state index < -0.39 is 11.9 Å². The fraction of sp³-hybridized carbons (Fsp3) is 0.471. The van der Waals surface area contributed by atoms with E-state index in [9.17, 15) is 9.59 Å². The highest BCUT2D eigenvalue weighted by Gasteiger charge is 2.18. The molecule has 0 radical (unpaired) electrons. The van der Waals surface area contributed by atoms with Crippen LogP contribution in [0.15, 0.2) is 71.2 Å². The van der Waals surface area contributed by atoms with Crippen molar-refractivity contribution in [3.05, 3.63) is 82.3 Å². The monoisotopic (exact) mass is 596 g/mol. The SMILES string of the molecule is Brc1cccc2ccccc12.CCCCCCCCOC(=O)c1ccccc1C(=O)OCCCCCCCC. The van der Waals surface area contributed by atoms with Gasteiger partial charge in [-0.15, -0.1) is 0 Å². The molecule has 3 aromatic carbocycles. The molecule has 3 aromatic rings. The topological polar surface area (TPSA) is 52.6 Å². The first-order valence-corrected chi connectivity index (χ1v) is 15.4. The number of fused-ring (bicyclic) bond motifs is 1. The van der Waals surface area contributed by atoms with Gasteiger partial charge in [0, 0.05) is 4.47 Å². The van der Waals surface area contributed by atoms with Gasteiger partial charge in [0.15, 0.2) is 0 Å². The van der Waals surface area contributed by atoms with Crippen LogP contribution in [0.5, 0.6) is 0 Å². The van der Waals surface area contributed by atoms with Crippen LogP contribution in [0.25, 0.3) is 10.8 Å².